The first-order valence-electron chi connectivity index (χ1n) is 6.04. The zero-order valence-electron chi connectivity index (χ0n) is 11.4. The van der Waals surface area contributed by atoms with Gasteiger partial charge in [0.05, 0.1) is 19.8 Å². The van der Waals surface area contributed by atoms with Crippen LogP contribution < -0.4 is 15.2 Å². The van der Waals surface area contributed by atoms with Crippen LogP contribution in [0.2, 0.25) is 0 Å². The monoisotopic (exact) mass is 251 g/mol. The van der Waals surface area contributed by atoms with Crippen LogP contribution in [0, 0.1) is 0 Å². The third kappa shape index (κ3) is 3.01. The van der Waals surface area contributed by atoms with E-state index < -0.39 is 0 Å². The van der Waals surface area contributed by atoms with Crippen molar-refractivity contribution in [3.8, 4) is 11.5 Å². The van der Waals surface area contributed by atoms with Gasteiger partial charge in [-0.25, -0.2) is 0 Å². The molecule has 0 aliphatic heterocycles. The highest BCUT2D eigenvalue weighted by molar-refractivity contribution is 5.99. The van der Waals surface area contributed by atoms with E-state index in [0.717, 1.165) is 5.56 Å². The molecule has 18 heavy (non-hydrogen) atoms. The first kappa shape index (κ1) is 14.5. The van der Waals surface area contributed by atoms with Crippen LogP contribution in [-0.2, 0) is 0 Å². The average Bonchev–Trinajstić information content (AvgIpc) is 2.37. The molecule has 4 nitrogen and oxygen atoms in total. The first-order chi connectivity index (χ1) is 8.54. The van der Waals surface area contributed by atoms with Crippen LogP contribution in [0.15, 0.2) is 12.1 Å². The summed E-state index contributed by atoms with van der Waals surface area (Å²) in [5.74, 6) is 1.57. The SMILES string of the molecule is COc1cc(C(C)C)c(OC)cc1C(=O)CCN. The van der Waals surface area contributed by atoms with Crippen molar-refractivity contribution in [3.05, 3.63) is 23.3 Å². The summed E-state index contributed by atoms with van der Waals surface area (Å²) >= 11 is 0. The molecule has 0 unspecified atom stereocenters. The molecule has 2 N–H and O–H groups in total. The summed E-state index contributed by atoms with van der Waals surface area (Å²) in [6, 6.07) is 3.61. The molecule has 0 spiro atoms. The van der Waals surface area contributed by atoms with E-state index in [4.69, 9.17) is 15.2 Å². The summed E-state index contributed by atoms with van der Waals surface area (Å²) < 4.78 is 10.6. The number of ketones is 1. The van der Waals surface area contributed by atoms with Gasteiger partial charge >= 0.3 is 0 Å². The summed E-state index contributed by atoms with van der Waals surface area (Å²) in [4.78, 5) is 12.0. The summed E-state index contributed by atoms with van der Waals surface area (Å²) in [5, 5.41) is 0. The molecular formula is C14H21NO3. The number of hydrogen-bond donors (Lipinski definition) is 1. The number of ether oxygens (including phenoxy) is 2. The van der Waals surface area contributed by atoms with Gasteiger partial charge in [0.1, 0.15) is 11.5 Å². The third-order valence-corrected chi connectivity index (χ3v) is 2.85. The number of hydrogen-bond acceptors (Lipinski definition) is 4. The van der Waals surface area contributed by atoms with Crippen molar-refractivity contribution >= 4 is 5.78 Å². The van der Waals surface area contributed by atoms with Crippen molar-refractivity contribution in [2.24, 2.45) is 5.73 Å². The van der Waals surface area contributed by atoms with E-state index in [0.29, 0.717) is 35.9 Å². The maximum atomic E-state index is 12.0. The molecule has 0 aliphatic rings. The van der Waals surface area contributed by atoms with Crippen LogP contribution in [0.1, 0.15) is 42.1 Å². The van der Waals surface area contributed by atoms with Gasteiger partial charge in [-0.1, -0.05) is 13.8 Å². The van der Waals surface area contributed by atoms with Crippen molar-refractivity contribution in [1.29, 1.82) is 0 Å². The van der Waals surface area contributed by atoms with Crippen LogP contribution in [0.5, 0.6) is 11.5 Å². The molecular weight excluding hydrogens is 230 g/mol. The van der Waals surface area contributed by atoms with E-state index in [1.54, 1.807) is 20.3 Å². The number of methoxy groups -OCH3 is 2. The zero-order valence-corrected chi connectivity index (χ0v) is 11.4. The zero-order chi connectivity index (χ0) is 13.7. The van der Waals surface area contributed by atoms with E-state index in [2.05, 4.69) is 13.8 Å². The van der Waals surface area contributed by atoms with Crippen molar-refractivity contribution < 1.29 is 14.3 Å². The van der Waals surface area contributed by atoms with Gasteiger partial charge < -0.3 is 15.2 Å². The maximum absolute atomic E-state index is 12.0. The van der Waals surface area contributed by atoms with E-state index in [1.165, 1.54) is 0 Å². The first-order valence-corrected chi connectivity index (χ1v) is 6.04. The molecule has 0 heterocycles. The highest BCUT2D eigenvalue weighted by atomic mass is 16.5. The molecule has 0 amide bonds. The van der Waals surface area contributed by atoms with Crippen LogP contribution >= 0.6 is 0 Å². The van der Waals surface area contributed by atoms with Gasteiger partial charge in [-0.15, -0.1) is 0 Å². The normalized spacial score (nSPS) is 10.6. The number of benzene rings is 1. The second-order valence-electron chi connectivity index (χ2n) is 4.41. The Morgan fingerprint density at radius 2 is 1.83 bits per heavy atom. The second-order valence-corrected chi connectivity index (χ2v) is 4.41. The highest BCUT2D eigenvalue weighted by Gasteiger charge is 2.17. The summed E-state index contributed by atoms with van der Waals surface area (Å²) in [7, 11) is 3.16. The van der Waals surface area contributed by atoms with Gasteiger partial charge in [-0.2, -0.15) is 0 Å². The van der Waals surface area contributed by atoms with Crippen molar-refractivity contribution in [2.75, 3.05) is 20.8 Å². The van der Waals surface area contributed by atoms with Gasteiger partial charge in [0.25, 0.3) is 0 Å². The highest BCUT2D eigenvalue weighted by Crippen LogP contribution is 2.34. The number of rotatable bonds is 6. The van der Waals surface area contributed by atoms with E-state index in [1.807, 2.05) is 6.07 Å². The molecule has 0 radical (unpaired) electrons. The molecule has 0 aliphatic carbocycles. The average molecular weight is 251 g/mol. The molecule has 0 atom stereocenters. The third-order valence-electron chi connectivity index (χ3n) is 2.85. The molecule has 4 heteroatoms. The fourth-order valence-corrected chi connectivity index (χ4v) is 1.86. The number of nitrogens with two attached hydrogens (primary N) is 1. The smallest absolute Gasteiger partial charge is 0.167 e. The molecule has 1 aromatic rings. The Balaban J connectivity index is 3.30. The number of carbonyl (C=O) groups excluding carboxylic acids is 1. The van der Waals surface area contributed by atoms with Crippen LogP contribution in [0.25, 0.3) is 0 Å². The molecule has 1 rings (SSSR count). The fourth-order valence-electron chi connectivity index (χ4n) is 1.86. The van der Waals surface area contributed by atoms with Crippen LogP contribution in [-0.4, -0.2) is 26.5 Å². The lowest BCUT2D eigenvalue weighted by atomic mass is 9.97. The molecule has 1 aromatic carbocycles. The summed E-state index contributed by atoms with van der Waals surface area (Å²) in [5.41, 5.74) is 6.97. The van der Waals surface area contributed by atoms with Gasteiger partial charge in [0.15, 0.2) is 5.78 Å². The Morgan fingerprint density at radius 1 is 1.22 bits per heavy atom. The minimum Gasteiger partial charge on any atom is -0.496 e. The topological polar surface area (TPSA) is 61.5 Å². The van der Waals surface area contributed by atoms with Crippen LogP contribution in [0.3, 0.4) is 0 Å². The molecule has 0 aromatic heterocycles. The Kier molecular flexibility index (Phi) is 5.16. The molecule has 0 saturated heterocycles. The number of carbonyl (C=O) groups is 1. The van der Waals surface area contributed by atoms with Gasteiger partial charge in [0, 0.05) is 12.0 Å². The lowest BCUT2D eigenvalue weighted by Gasteiger charge is -2.16. The van der Waals surface area contributed by atoms with Crippen LogP contribution in [0.4, 0.5) is 0 Å². The lowest BCUT2D eigenvalue weighted by molar-refractivity contribution is 0.0982. The van der Waals surface area contributed by atoms with Gasteiger partial charge in [-0.05, 0) is 24.6 Å². The lowest BCUT2D eigenvalue weighted by Crippen LogP contribution is -2.10. The van der Waals surface area contributed by atoms with E-state index >= 15 is 0 Å². The van der Waals surface area contributed by atoms with Crippen molar-refractivity contribution in [3.63, 3.8) is 0 Å². The quantitative estimate of drug-likeness (QED) is 0.788. The predicted molar refractivity (Wildman–Crippen MR) is 71.6 cm³/mol. The van der Waals surface area contributed by atoms with Crippen molar-refractivity contribution in [2.45, 2.75) is 26.2 Å². The Labute approximate surface area is 108 Å². The predicted octanol–water partition coefficient (Wildman–Crippen LogP) is 2.36. The largest absolute Gasteiger partial charge is 0.496 e. The van der Waals surface area contributed by atoms with Gasteiger partial charge in [-0.3, -0.25) is 4.79 Å². The Morgan fingerprint density at radius 3 is 2.28 bits per heavy atom. The minimum atomic E-state index is -0.0250. The Bertz CT molecular complexity index is 427. The van der Waals surface area contributed by atoms with Gasteiger partial charge in [0.2, 0.25) is 0 Å². The van der Waals surface area contributed by atoms with E-state index in [-0.39, 0.29) is 5.78 Å². The molecule has 0 bridgehead atoms. The maximum Gasteiger partial charge on any atom is 0.167 e. The van der Waals surface area contributed by atoms with Crippen molar-refractivity contribution in [1.82, 2.24) is 0 Å². The minimum absolute atomic E-state index is 0.0250. The molecule has 0 saturated carbocycles. The Hall–Kier alpha value is -1.55. The van der Waals surface area contributed by atoms with E-state index in [9.17, 15) is 4.79 Å². The summed E-state index contributed by atoms with van der Waals surface area (Å²) in [6.07, 6.45) is 0.306. The second kappa shape index (κ2) is 6.40. The molecule has 100 valence electrons. The fraction of sp³-hybridized carbons (Fsp3) is 0.500. The number of Topliss-reactive ketones (excluding diaryl/α,β-unsaturated/α-hetero) is 1. The molecule has 0 fully saturated rings. The standard InChI is InChI=1S/C14H21NO3/c1-9(2)10-7-14(18-4)11(8-13(10)17-3)12(16)5-6-15/h7-9H,5-6,15H2,1-4H3. The summed E-state index contributed by atoms with van der Waals surface area (Å²) in [6.45, 7) is 4.47.